The van der Waals surface area contributed by atoms with E-state index in [0.29, 0.717) is 22.1 Å². The number of hydrogen-bond acceptors (Lipinski definition) is 3. The first-order valence-electron chi connectivity index (χ1n) is 5.77. The average molecular weight is 331 g/mol. The third-order valence-electron chi connectivity index (χ3n) is 2.77. The van der Waals surface area contributed by atoms with Crippen LogP contribution in [-0.4, -0.2) is 8.42 Å². The highest BCUT2D eigenvalue weighted by molar-refractivity contribution is 8.13. The van der Waals surface area contributed by atoms with Crippen molar-refractivity contribution in [2.75, 3.05) is 0 Å². The average Bonchev–Trinajstić information content (AvgIpc) is 2.31. The molecule has 0 fully saturated rings. The quantitative estimate of drug-likeness (QED) is 0.767. The smallest absolute Gasteiger partial charge is 0.261 e. The summed E-state index contributed by atoms with van der Waals surface area (Å²) in [5.74, 6) is 1.20. The van der Waals surface area contributed by atoms with Crippen molar-refractivity contribution < 1.29 is 13.2 Å². The van der Waals surface area contributed by atoms with E-state index in [2.05, 4.69) is 0 Å². The maximum atomic E-state index is 11.3. The molecule has 2 aromatic rings. The van der Waals surface area contributed by atoms with Gasteiger partial charge in [0.1, 0.15) is 11.5 Å². The molecule has 3 nitrogen and oxygen atoms in total. The molecule has 0 unspecified atom stereocenters. The molecule has 0 aliphatic heterocycles. The molecule has 0 aromatic heterocycles. The molecule has 0 saturated heterocycles. The fraction of sp³-hybridized carbons (Fsp3) is 0.143. The highest BCUT2D eigenvalue weighted by atomic mass is 35.7. The first-order valence-corrected chi connectivity index (χ1v) is 8.45. The second-order valence-corrected chi connectivity index (χ2v) is 7.35. The molecule has 20 heavy (non-hydrogen) atoms. The topological polar surface area (TPSA) is 43.4 Å². The number of ether oxygens (including phenoxy) is 1. The largest absolute Gasteiger partial charge is 0.457 e. The maximum Gasteiger partial charge on any atom is 0.261 e. The Morgan fingerprint density at radius 3 is 2.25 bits per heavy atom. The lowest BCUT2D eigenvalue weighted by atomic mass is 10.2. The molecule has 0 saturated carbocycles. The summed E-state index contributed by atoms with van der Waals surface area (Å²) >= 11 is 5.88. The van der Waals surface area contributed by atoms with Gasteiger partial charge in [-0.3, -0.25) is 0 Å². The Labute approximate surface area is 127 Å². The Morgan fingerprint density at radius 1 is 1.00 bits per heavy atom. The third kappa shape index (κ3) is 3.45. The molecule has 0 heterocycles. The van der Waals surface area contributed by atoms with Crippen molar-refractivity contribution in [2.24, 2.45) is 0 Å². The zero-order valence-electron chi connectivity index (χ0n) is 10.9. The van der Waals surface area contributed by atoms with Crippen molar-refractivity contribution in [3.63, 3.8) is 0 Å². The van der Waals surface area contributed by atoms with Gasteiger partial charge in [0.2, 0.25) is 0 Å². The molecule has 0 radical (unpaired) electrons. The maximum absolute atomic E-state index is 11.3. The van der Waals surface area contributed by atoms with Gasteiger partial charge in [-0.25, -0.2) is 8.42 Å². The van der Waals surface area contributed by atoms with Crippen molar-refractivity contribution in [1.82, 2.24) is 0 Å². The van der Waals surface area contributed by atoms with Gasteiger partial charge in [-0.15, -0.1) is 0 Å². The van der Waals surface area contributed by atoms with Crippen molar-refractivity contribution >= 4 is 31.3 Å². The minimum Gasteiger partial charge on any atom is -0.457 e. The first-order chi connectivity index (χ1) is 9.27. The minimum absolute atomic E-state index is 0.0827. The van der Waals surface area contributed by atoms with E-state index in [-0.39, 0.29) is 4.90 Å². The van der Waals surface area contributed by atoms with Gasteiger partial charge >= 0.3 is 0 Å². The zero-order valence-corrected chi connectivity index (χ0v) is 13.2. The van der Waals surface area contributed by atoms with Crippen molar-refractivity contribution in [3.8, 4) is 11.5 Å². The van der Waals surface area contributed by atoms with Crippen LogP contribution in [0.2, 0.25) is 5.02 Å². The lowest BCUT2D eigenvalue weighted by Gasteiger charge is -2.10. The highest BCUT2D eigenvalue weighted by Gasteiger charge is 2.14. The van der Waals surface area contributed by atoms with E-state index in [1.165, 1.54) is 6.07 Å². The van der Waals surface area contributed by atoms with Gasteiger partial charge in [-0.2, -0.15) is 0 Å². The van der Waals surface area contributed by atoms with Crippen molar-refractivity contribution in [3.05, 3.63) is 52.5 Å². The van der Waals surface area contributed by atoms with Crippen LogP contribution in [0.3, 0.4) is 0 Å². The number of halogens is 2. The summed E-state index contributed by atoms with van der Waals surface area (Å²) in [6.07, 6.45) is 0. The molecule has 0 aliphatic carbocycles. The molecule has 2 aromatic carbocycles. The fourth-order valence-corrected chi connectivity index (χ4v) is 3.23. The summed E-state index contributed by atoms with van der Waals surface area (Å²) in [5, 5.41) is 0.634. The molecule has 106 valence electrons. The van der Waals surface area contributed by atoms with E-state index in [1.54, 1.807) is 37.3 Å². The highest BCUT2D eigenvalue weighted by Crippen LogP contribution is 2.30. The molecule has 0 amide bonds. The number of rotatable bonds is 3. The summed E-state index contributed by atoms with van der Waals surface area (Å²) in [6, 6.07) is 9.91. The van der Waals surface area contributed by atoms with Crippen LogP contribution >= 0.6 is 22.3 Å². The molecule has 0 bridgehead atoms. The predicted molar refractivity (Wildman–Crippen MR) is 80.5 cm³/mol. The summed E-state index contributed by atoms with van der Waals surface area (Å²) < 4.78 is 28.4. The molecule has 0 spiro atoms. The van der Waals surface area contributed by atoms with Crippen LogP contribution in [0, 0.1) is 13.8 Å². The molecule has 6 heteroatoms. The number of hydrogen-bond donors (Lipinski definition) is 0. The van der Waals surface area contributed by atoms with E-state index < -0.39 is 9.05 Å². The summed E-state index contributed by atoms with van der Waals surface area (Å²) in [6.45, 7) is 3.54. The third-order valence-corrected chi connectivity index (χ3v) is 4.49. The number of benzene rings is 2. The standard InChI is InChI=1S/C14H12Cl2O3S/c1-9-7-11(15)3-5-13(9)19-12-4-6-14(10(2)8-12)20(16,17)18/h3-8H,1-2H3. The van der Waals surface area contributed by atoms with Gasteiger partial charge in [-0.1, -0.05) is 11.6 Å². The fourth-order valence-electron chi connectivity index (χ4n) is 1.81. The van der Waals surface area contributed by atoms with Crippen LogP contribution in [0.1, 0.15) is 11.1 Å². The van der Waals surface area contributed by atoms with Gasteiger partial charge in [0.05, 0.1) is 4.90 Å². The van der Waals surface area contributed by atoms with E-state index in [9.17, 15) is 8.42 Å². The summed E-state index contributed by atoms with van der Waals surface area (Å²) in [7, 11) is 1.60. The molecular formula is C14H12Cl2O3S. The normalized spacial score (nSPS) is 11.4. The molecule has 0 N–H and O–H groups in total. The lowest BCUT2D eigenvalue weighted by Crippen LogP contribution is -1.95. The SMILES string of the molecule is Cc1cc(Cl)ccc1Oc1ccc(S(=O)(=O)Cl)c(C)c1. The first kappa shape index (κ1) is 15.2. The predicted octanol–water partition coefficient (Wildman–Crippen LogP) is 4.68. The Hall–Kier alpha value is -1.23. The van der Waals surface area contributed by atoms with E-state index in [1.807, 2.05) is 6.92 Å². The summed E-state index contributed by atoms with van der Waals surface area (Å²) in [4.78, 5) is 0.0827. The van der Waals surface area contributed by atoms with Crippen LogP contribution < -0.4 is 4.74 Å². The van der Waals surface area contributed by atoms with Crippen LogP contribution in [0.25, 0.3) is 0 Å². The second-order valence-electron chi connectivity index (χ2n) is 4.38. The monoisotopic (exact) mass is 330 g/mol. The molecule has 0 aliphatic rings. The number of aryl methyl sites for hydroxylation is 2. The zero-order chi connectivity index (χ0) is 14.9. The van der Waals surface area contributed by atoms with E-state index in [4.69, 9.17) is 27.0 Å². The Kier molecular flexibility index (Phi) is 4.28. The van der Waals surface area contributed by atoms with Crippen LogP contribution in [0.15, 0.2) is 41.3 Å². The van der Waals surface area contributed by atoms with Gasteiger partial charge in [0.15, 0.2) is 0 Å². The molecular weight excluding hydrogens is 319 g/mol. The van der Waals surface area contributed by atoms with Crippen LogP contribution in [0.4, 0.5) is 0 Å². The van der Waals surface area contributed by atoms with Crippen molar-refractivity contribution in [2.45, 2.75) is 18.7 Å². The molecule has 2 rings (SSSR count). The Morgan fingerprint density at radius 2 is 1.70 bits per heavy atom. The van der Waals surface area contributed by atoms with Gasteiger partial charge < -0.3 is 4.74 Å². The summed E-state index contributed by atoms with van der Waals surface area (Å²) in [5.41, 5.74) is 1.42. The molecule has 0 atom stereocenters. The van der Waals surface area contributed by atoms with Gasteiger partial charge in [0.25, 0.3) is 9.05 Å². The van der Waals surface area contributed by atoms with Crippen LogP contribution in [0.5, 0.6) is 11.5 Å². The van der Waals surface area contributed by atoms with E-state index in [0.717, 1.165) is 5.56 Å². The van der Waals surface area contributed by atoms with Gasteiger partial charge in [0, 0.05) is 15.7 Å². The second kappa shape index (κ2) is 5.64. The minimum atomic E-state index is -3.74. The van der Waals surface area contributed by atoms with Gasteiger partial charge in [-0.05, 0) is 61.4 Å². The lowest BCUT2D eigenvalue weighted by molar-refractivity contribution is 0.478. The van der Waals surface area contributed by atoms with Crippen molar-refractivity contribution in [1.29, 1.82) is 0 Å². The Balaban J connectivity index is 2.34. The van der Waals surface area contributed by atoms with Crippen LogP contribution in [-0.2, 0) is 9.05 Å². The Bertz CT molecular complexity index is 755. The van der Waals surface area contributed by atoms with E-state index >= 15 is 0 Å².